The highest BCUT2D eigenvalue weighted by molar-refractivity contribution is 6.33. The fourth-order valence-corrected chi connectivity index (χ4v) is 3.13. The summed E-state index contributed by atoms with van der Waals surface area (Å²) in [5.41, 5.74) is 4.24. The summed E-state index contributed by atoms with van der Waals surface area (Å²) in [4.78, 5) is 0. The summed E-state index contributed by atoms with van der Waals surface area (Å²) >= 11 is 6.15. The number of hydrazone groups is 1. The summed E-state index contributed by atoms with van der Waals surface area (Å²) in [6.45, 7) is 0.214. The van der Waals surface area contributed by atoms with Gasteiger partial charge in [0.05, 0.1) is 16.8 Å². The Balaban J connectivity index is 1.43. The molecule has 8 nitrogen and oxygen atoms in total. The number of halogens is 2. The van der Waals surface area contributed by atoms with E-state index >= 15 is 0 Å². The van der Waals surface area contributed by atoms with Crippen LogP contribution < -0.4 is 14.9 Å². The van der Waals surface area contributed by atoms with E-state index in [4.69, 9.17) is 21.1 Å². The molecule has 1 aliphatic rings. The zero-order valence-corrected chi connectivity index (χ0v) is 15.5. The Labute approximate surface area is 168 Å². The zero-order valence-electron chi connectivity index (χ0n) is 14.7. The number of ether oxygens (including phenoxy) is 2. The maximum Gasteiger partial charge on any atom is 0.231 e. The Morgan fingerprint density at radius 1 is 1.10 bits per heavy atom. The van der Waals surface area contributed by atoms with E-state index in [9.17, 15) is 4.39 Å². The molecule has 0 radical (unpaired) electrons. The van der Waals surface area contributed by atoms with Gasteiger partial charge in [0, 0.05) is 0 Å². The zero-order chi connectivity index (χ0) is 19.8. The van der Waals surface area contributed by atoms with Gasteiger partial charge in [0.25, 0.3) is 0 Å². The van der Waals surface area contributed by atoms with Gasteiger partial charge in [-0.15, -0.1) is 15.3 Å². The van der Waals surface area contributed by atoms with Gasteiger partial charge in [-0.25, -0.2) is 4.39 Å². The summed E-state index contributed by atoms with van der Waals surface area (Å²) in [5, 5.41) is 16.8. The van der Waals surface area contributed by atoms with Gasteiger partial charge in [-0.05, 0) is 48.0 Å². The third-order valence-corrected chi connectivity index (χ3v) is 4.55. The first-order valence-electron chi connectivity index (χ1n) is 8.54. The van der Waals surface area contributed by atoms with Crippen molar-refractivity contribution in [2.24, 2.45) is 5.10 Å². The second kappa shape index (κ2) is 7.02. The molecule has 1 N–H and O–H groups in total. The number of anilines is 1. The number of nitrogens with one attached hydrogen (secondary N) is 1. The van der Waals surface area contributed by atoms with Gasteiger partial charge in [-0.2, -0.15) is 9.62 Å². The molecule has 0 fully saturated rings. The Bertz CT molecular complexity index is 1240. The number of fused-ring (bicyclic) bond motifs is 2. The molecule has 0 aliphatic carbocycles. The predicted octanol–water partition coefficient (Wildman–Crippen LogP) is 3.76. The number of hydrogen-bond acceptors (Lipinski definition) is 7. The monoisotopic (exact) mass is 410 g/mol. The number of rotatable bonds is 4. The van der Waals surface area contributed by atoms with Crippen molar-refractivity contribution in [1.82, 2.24) is 19.8 Å². The summed E-state index contributed by atoms with van der Waals surface area (Å²) < 4.78 is 26.3. The van der Waals surface area contributed by atoms with E-state index in [2.05, 4.69) is 25.8 Å². The molecule has 2 aromatic heterocycles. The molecule has 5 rings (SSSR count). The summed E-state index contributed by atoms with van der Waals surface area (Å²) in [6.07, 6.45) is 1.62. The van der Waals surface area contributed by atoms with Gasteiger partial charge in [0.15, 0.2) is 28.8 Å². The number of aromatic nitrogens is 4. The van der Waals surface area contributed by atoms with Crippen molar-refractivity contribution in [1.29, 1.82) is 0 Å². The molecular formula is C19H12ClFN6O2. The van der Waals surface area contributed by atoms with E-state index in [0.717, 1.165) is 5.56 Å². The highest BCUT2D eigenvalue weighted by Crippen LogP contribution is 2.32. The molecule has 0 unspecified atom stereocenters. The molecular weight excluding hydrogens is 399 g/mol. The van der Waals surface area contributed by atoms with Crippen LogP contribution in [0.2, 0.25) is 5.02 Å². The van der Waals surface area contributed by atoms with Crippen molar-refractivity contribution in [3.05, 3.63) is 64.9 Å². The van der Waals surface area contributed by atoms with E-state index in [0.29, 0.717) is 23.0 Å². The van der Waals surface area contributed by atoms with Gasteiger partial charge in [-0.1, -0.05) is 17.7 Å². The quantitative estimate of drug-likeness (QED) is 0.407. The molecule has 0 amide bonds. The van der Waals surface area contributed by atoms with Crippen LogP contribution in [0.25, 0.3) is 17.0 Å². The molecule has 144 valence electrons. The largest absolute Gasteiger partial charge is 0.454 e. The molecule has 0 saturated carbocycles. The van der Waals surface area contributed by atoms with E-state index < -0.39 is 5.82 Å². The molecule has 0 saturated heterocycles. The molecule has 10 heteroatoms. The average molecular weight is 411 g/mol. The first kappa shape index (κ1) is 17.4. The van der Waals surface area contributed by atoms with E-state index in [-0.39, 0.29) is 23.2 Å². The lowest BCUT2D eigenvalue weighted by Gasteiger charge is -2.05. The number of benzene rings is 2. The summed E-state index contributed by atoms with van der Waals surface area (Å²) in [5.74, 6) is 1.49. The fraction of sp³-hybridized carbons (Fsp3) is 0.0526. The first-order chi connectivity index (χ1) is 14.2. The minimum absolute atomic E-state index is 0.134. The minimum atomic E-state index is -0.507. The Hall–Kier alpha value is -3.72. The third-order valence-electron chi connectivity index (χ3n) is 4.24. The molecule has 29 heavy (non-hydrogen) atoms. The fourth-order valence-electron chi connectivity index (χ4n) is 2.88. The lowest BCUT2D eigenvalue weighted by Crippen LogP contribution is -2.01. The molecule has 2 aromatic carbocycles. The normalized spacial score (nSPS) is 12.8. The van der Waals surface area contributed by atoms with E-state index in [1.165, 1.54) is 16.6 Å². The van der Waals surface area contributed by atoms with Crippen LogP contribution in [0.15, 0.2) is 53.6 Å². The van der Waals surface area contributed by atoms with Gasteiger partial charge < -0.3 is 9.47 Å². The van der Waals surface area contributed by atoms with E-state index in [1.807, 2.05) is 18.2 Å². The third kappa shape index (κ3) is 3.21. The van der Waals surface area contributed by atoms with Crippen molar-refractivity contribution in [3.8, 4) is 22.9 Å². The molecule has 0 atom stereocenters. The van der Waals surface area contributed by atoms with Crippen molar-refractivity contribution in [2.45, 2.75) is 0 Å². The maximum absolute atomic E-state index is 14.3. The van der Waals surface area contributed by atoms with Crippen LogP contribution in [0, 0.1) is 5.82 Å². The van der Waals surface area contributed by atoms with Crippen LogP contribution in [0.3, 0.4) is 0 Å². The van der Waals surface area contributed by atoms with Gasteiger partial charge in [0.2, 0.25) is 6.79 Å². The second-order valence-corrected chi connectivity index (χ2v) is 6.50. The van der Waals surface area contributed by atoms with Crippen molar-refractivity contribution in [2.75, 3.05) is 12.2 Å². The van der Waals surface area contributed by atoms with E-state index in [1.54, 1.807) is 24.4 Å². The van der Waals surface area contributed by atoms with Crippen LogP contribution in [-0.4, -0.2) is 32.8 Å². The number of nitrogens with zero attached hydrogens (tertiary/aromatic N) is 5. The lowest BCUT2D eigenvalue weighted by atomic mass is 10.2. The molecule has 0 bridgehead atoms. The first-order valence-corrected chi connectivity index (χ1v) is 8.92. The van der Waals surface area contributed by atoms with Crippen molar-refractivity contribution in [3.63, 3.8) is 0 Å². The highest BCUT2D eigenvalue weighted by Gasteiger charge is 2.17. The summed E-state index contributed by atoms with van der Waals surface area (Å²) in [6, 6.07) is 13.3. The van der Waals surface area contributed by atoms with Gasteiger partial charge >= 0.3 is 0 Å². The van der Waals surface area contributed by atoms with Crippen LogP contribution in [0.4, 0.5) is 10.2 Å². The Morgan fingerprint density at radius 3 is 2.90 bits per heavy atom. The molecule has 3 heterocycles. The van der Waals surface area contributed by atoms with Crippen molar-refractivity contribution >= 4 is 29.3 Å². The minimum Gasteiger partial charge on any atom is -0.454 e. The highest BCUT2D eigenvalue weighted by atomic mass is 35.5. The van der Waals surface area contributed by atoms with Crippen LogP contribution in [0.1, 0.15) is 5.56 Å². The topological polar surface area (TPSA) is 85.9 Å². The summed E-state index contributed by atoms with van der Waals surface area (Å²) in [7, 11) is 0. The van der Waals surface area contributed by atoms with Crippen LogP contribution in [-0.2, 0) is 0 Å². The molecule has 0 spiro atoms. The lowest BCUT2D eigenvalue weighted by molar-refractivity contribution is 0.174. The average Bonchev–Trinajstić information content (AvgIpc) is 3.34. The van der Waals surface area contributed by atoms with Crippen LogP contribution >= 0.6 is 11.6 Å². The maximum atomic E-state index is 14.3. The Morgan fingerprint density at radius 2 is 2.00 bits per heavy atom. The Kier molecular flexibility index (Phi) is 4.21. The molecule has 4 aromatic rings. The van der Waals surface area contributed by atoms with Gasteiger partial charge in [-0.3, -0.25) is 5.43 Å². The molecule has 1 aliphatic heterocycles. The van der Waals surface area contributed by atoms with Gasteiger partial charge in [0.1, 0.15) is 5.82 Å². The number of hydrogen-bond donors (Lipinski definition) is 1. The SMILES string of the molecule is Fc1cccc(Cl)c1-c1nnc2ccc(NN=Cc3ccc4c(c3)OCO4)nn12. The standard InChI is InChI=1S/C19H12ClFN6O2/c20-12-2-1-3-13(21)18(12)19-25-24-17-7-6-16(26-27(17)19)23-22-9-11-4-5-14-15(8-11)29-10-28-14/h1-9H,10H2,(H,23,26). The van der Waals surface area contributed by atoms with Crippen LogP contribution in [0.5, 0.6) is 11.5 Å². The predicted molar refractivity (Wildman–Crippen MR) is 105 cm³/mol. The smallest absolute Gasteiger partial charge is 0.231 e. The van der Waals surface area contributed by atoms with Crippen molar-refractivity contribution < 1.29 is 13.9 Å². The second-order valence-electron chi connectivity index (χ2n) is 6.09.